The van der Waals surface area contributed by atoms with Gasteiger partial charge >= 0.3 is 0 Å². The van der Waals surface area contributed by atoms with Crippen molar-refractivity contribution in [2.75, 3.05) is 13.1 Å². The predicted octanol–water partition coefficient (Wildman–Crippen LogP) is 4.59. The molecule has 1 aliphatic heterocycles. The van der Waals surface area contributed by atoms with Crippen molar-refractivity contribution in [3.63, 3.8) is 0 Å². The van der Waals surface area contributed by atoms with E-state index in [1.165, 1.54) is 25.7 Å². The van der Waals surface area contributed by atoms with Crippen molar-refractivity contribution in [3.8, 4) is 11.1 Å². The number of H-pyrrole nitrogens is 1. The molecule has 4 nitrogen and oxygen atoms in total. The fourth-order valence-corrected chi connectivity index (χ4v) is 4.60. The van der Waals surface area contributed by atoms with Crippen molar-refractivity contribution < 1.29 is 0 Å². The number of rotatable bonds is 3. The Morgan fingerprint density at radius 1 is 1.12 bits per heavy atom. The molecule has 5 heteroatoms. The van der Waals surface area contributed by atoms with Crippen LogP contribution in [0, 0.1) is 0 Å². The Bertz CT molecular complexity index is 908. The summed E-state index contributed by atoms with van der Waals surface area (Å²) in [5.41, 5.74) is 2.01. The first kappa shape index (κ1) is 16.5. The highest BCUT2D eigenvalue weighted by atomic mass is 32.1. The van der Waals surface area contributed by atoms with Gasteiger partial charge in [-0.3, -0.25) is 9.69 Å². The van der Waals surface area contributed by atoms with Gasteiger partial charge in [-0.05, 0) is 38.4 Å². The van der Waals surface area contributed by atoms with Crippen LogP contribution in [0.2, 0.25) is 0 Å². The fourth-order valence-electron chi connectivity index (χ4n) is 3.65. The van der Waals surface area contributed by atoms with Crippen LogP contribution in [0.1, 0.15) is 44.5 Å². The Kier molecular flexibility index (Phi) is 4.68. The first-order valence-electron chi connectivity index (χ1n) is 9.05. The topological polar surface area (TPSA) is 49.0 Å². The number of fused-ring (bicyclic) bond motifs is 1. The highest BCUT2D eigenvalue weighted by Crippen LogP contribution is 2.31. The van der Waals surface area contributed by atoms with Gasteiger partial charge in [0, 0.05) is 10.9 Å². The predicted molar refractivity (Wildman–Crippen MR) is 104 cm³/mol. The van der Waals surface area contributed by atoms with Gasteiger partial charge in [0.25, 0.3) is 5.56 Å². The molecule has 1 aromatic carbocycles. The third-order valence-electron chi connectivity index (χ3n) is 5.13. The van der Waals surface area contributed by atoms with Crippen molar-refractivity contribution in [2.24, 2.45) is 0 Å². The number of aromatic amines is 1. The van der Waals surface area contributed by atoms with Gasteiger partial charge in [-0.15, -0.1) is 11.3 Å². The highest BCUT2D eigenvalue weighted by Gasteiger charge is 2.21. The van der Waals surface area contributed by atoms with Crippen LogP contribution >= 0.6 is 11.3 Å². The molecule has 0 aliphatic carbocycles. The second-order valence-electron chi connectivity index (χ2n) is 6.77. The van der Waals surface area contributed by atoms with Crippen LogP contribution < -0.4 is 5.56 Å². The average Bonchev–Trinajstić information content (AvgIpc) is 2.89. The fraction of sp³-hybridized carbons (Fsp3) is 0.400. The minimum Gasteiger partial charge on any atom is -0.309 e. The van der Waals surface area contributed by atoms with Gasteiger partial charge in [0.15, 0.2) is 0 Å². The molecule has 0 amide bonds. The van der Waals surface area contributed by atoms with E-state index in [0.29, 0.717) is 5.39 Å². The molecule has 1 fully saturated rings. The molecule has 1 aliphatic rings. The second-order valence-corrected chi connectivity index (χ2v) is 7.63. The van der Waals surface area contributed by atoms with E-state index >= 15 is 0 Å². The van der Waals surface area contributed by atoms with Crippen molar-refractivity contribution in [1.82, 2.24) is 14.9 Å². The van der Waals surface area contributed by atoms with Crippen LogP contribution in [0.5, 0.6) is 0 Å². The number of aromatic nitrogens is 2. The van der Waals surface area contributed by atoms with E-state index in [2.05, 4.69) is 16.8 Å². The Hall–Kier alpha value is -1.98. The van der Waals surface area contributed by atoms with Gasteiger partial charge in [0.1, 0.15) is 10.7 Å². The molecule has 2 aromatic heterocycles. The van der Waals surface area contributed by atoms with Crippen LogP contribution in [0.25, 0.3) is 21.3 Å². The summed E-state index contributed by atoms with van der Waals surface area (Å²) < 4.78 is 0. The van der Waals surface area contributed by atoms with Gasteiger partial charge in [-0.2, -0.15) is 0 Å². The Labute approximate surface area is 151 Å². The molecule has 0 saturated carbocycles. The molecule has 3 heterocycles. The first-order chi connectivity index (χ1) is 12.2. The van der Waals surface area contributed by atoms with Gasteiger partial charge in [-0.1, -0.05) is 43.2 Å². The van der Waals surface area contributed by atoms with Crippen LogP contribution in [-0.2, 0) is 0 Å². The van der Waals surface area contributed by atoms with E-state index in [9.17, 15) is 4.79 Å². The SMILES string of the molecule is C[C@@H](c1nc2scc(-c3ccccc3)c2c(=O)[nH]1)N1CCCCCC1. The molecule has 0 spiro atoms. The lowest BCUT2D eigenvalue weighted by atomic mass is 10.1. The summed E-state index contributed by atoms with van der Waals surface area (Å²) in [5.74, 6) is 0.792. The molecule has 3 aromatic rings. The largest absolute Gasteiger partial charge is 0.309 e. The van der Waals surface area contributed by atoms with Crippen molar-refractivity contribution in [2.45, 2.75) is 38.6 Å². The average molecular weight is 353 g/mol. The minimum atomic E-state index is -0.0261. The van der Waals surface area contributed by atoms with Gasteiger partial charge in [-0.25, -0.2) is 4.98 Å². The second kappa shape index (κ2) is 7.10. The first-order valence-corrected chi connectivity index (χ1v) is 9.93. The third kappa shape index (κ3) is 3.26. The lowest BCUT2D eigenvalue weighted by molar-refractivity contribution is 0.211. The van der Waals surface area contributed by atoms with Crippen LogP contribution in [-0.4, -0.2) is 28.0 Å². The van der Waals surface area contributed by atoms with Gasteiger partial charge in [0.05, 0.1) is 11.4 Å². The van der Waals surface area contributed by atoms with Crippen molar-refractivity contribution >= 4 is 21.6 Å². The van der Waals surface area contributed by atoms with E-state index in [1.807, 2.05) is 35.7 Å². The van der Waals surface area contributed by atoms with Gasteiger partial charge in [0.2, 0.25) is 0 Å². The maximum Gasteiger partial charge on any atom is 0.260 e. The lowest BCUT2D eigenvalue weighted by Gasteiger charge is -2.26. The Balaban J connectivity index is 1.72. The minimum absolute atomic E-state index is 0.0261. The summed E-state index contributed by atoms with van der Waals surface area (Å²) in [5, 5.41) is 2.76. The van der Waals surface area contributed by atoms with Crippen LogP contribution in [0.15, 0.2) is 40.5 Å². The molecule has 1 N–H and O–H groups in total. The summed E-state index contributed by atoms with van der Waals surface area (Å²) in [6.07, 6.45) is 5.07. The number of hydrogen-bond acceptors (Lipinski definition) is 4. The molecule has 25 heavy (non-hydrogen) atoms. The highest BCUT2D eigenvalue weighted by molar-refractivity contribution is 7.17. The zero-order valence-electron chi connectivity index (χ0n) is 14.5. The van der Waals surface area contributed by atoms with E-state index in [-0.39, 0.29) is 11.6 Å². The molecular weight excluding hydrogens is 330 g/mol. The molecule has 0 radical (unpaired) electrons. The van der Waals surface area contributed by atoms with E-state index < -0.39 is 0 Å². The molecule has 130 valence electrons. The monoisotopic (exact) mass is 353 g/mol. The standard InChI is InChI=1S/C20H23N3OS/c1-14(23-11-7-2-3-8-12-23)18-21-19(24)17-16(13-25-20(17)22-18)15-9-5-4-6-10-15/h4-6,9-10,13-14H,2-3,7-8,11-12H2,1H3,(H,21,22,24)/t14-/m0/s1. The Morgan fingerprint density at radius 2 is 1.84 bits per heavy atom. The summed E-state index contributed by atoms with van der Waals surface area (Å²) in [6.45, 7) is 4.33. The maximum atomic E-state index is 12.8. The zero-order chi connectivity index (χ0) is 17.2. The maximum absolute atomic E-state index is 12.8. The molecule has 0 bridgehead atoms. The number of nitrogens with one attached hydrogen (secondary N) is 1. The Morgan fingerprint density at radius 3 is 2.56 bits per heavy atom. The molecule has 4 rings (SSSR count). The number of hydrogen-bond donors (Lipinski definition) is 1. The summed E-state index contributed by atoms with van der Waals surface area (Å²) in [4.78, 5) is 24.0. The lowest BCUT2D eigenvalue weighted by Crippen LogP contribution is -2.30. The molecule has 1 saturated heterocycles. The molecular formula is C20H23N3OS. The molecule has 0 unspecified atom stereocenters. The van der Waals surface area contributed by atoms with Crippen molar-refractivity contribution in [1.29, 1.82) is 0 Å². The van der Waals surface area contributed by atoms with Crippen LogP contribution in [0.3, 0.4) is 0 Å². The smallest absolute Gasteiger partial charge is 0.260 e. The number of thiophene rings is 1. The number of nitrogens with zero attached hydrogens (tertiary/aromatic N) is 2. The summed E-state index contributed by atoms with van der Waals surface area (Å²) in [6, 6.07) is 10.2. The van der Waals surface area contributed by atoms with E-state index in [4.69, 9.17) is 4.98 Å². The van der Waals surface area contributed by atoms with E-state index in [0.717, 1.165) is 34.9 Å². The normalized spacial score (nSPS) is 17.5. The molecule has 1 atom stereocenters. The summed E-state index contributed by atoms with van der Waals surface area (Å²) in [7, 11) is 0. The number of likely N-dealkylation sites (tertiary alicyclic amines) is 1. The van der Waals surface area contributed by atoms with Crippen molar-refractivity contribution in [3.05, 3.63) is 51.9 Å². The summed E-state index contributed by atoms with van der Waals surface area (Å²) >= 11 is 1.56. The van der Waals surface area contributed by atoms with Gasteiger partial charge < -0.3 is 4.98 Å². The quantitative estimate of drug-likeness (QED) is 0.749. The van der Waals surface area contributed by atoms with Crippen LogP contribution in [0.4, 0.5) is 0 Å². The zero-order valence-corrected chi connectivity index (χ0v) is 15.3. The number of benzene rings is 1. The van der Waals surface area contributed by atoms with E-state index in [1.54, 1.807) is 11.3 Å². The third-order valence-corrected chi connectivity index (χ3v) is 6.00.